The molecule has 2 aliphatic rings. The van der Waals surface area contributed by atoms with Crippen molar-refractivity contribution in [2.24, 2.45) is 0 Å². The average molecular weight is 274 g/mol. The van der Waals surface area contributed by atoms with E-state index in [9.17, 15) is 14.0 Å². The van der Waals surface area contributed by atoms with Crippen LogP contribution in [0.15, 0.2) is 35.7 Å². The third-order valence-corrected chi connectivity index (χ3v) is 3.81. The first-order valence-electron chi connectivity index (χ1n) is 6.62. The Labute approximate surface area is 116 Å². The third-order valence-electron chi connectivity index (χ3n) is 3.81. The van der Waals surface area contributed by atoms with Gasteiger partial charge in [0.05, 0.1) is 0 Å². The molecular weight excluding hydrogens is 259 g/mol. The van der Waals surface area contributed by atoms with Crippen LogP contribution < -0.4 is 5.32 Å². The Hall–Kier alpha value is -2.17. The lowest BCUT2D eigenvalue weighted by molar-refractivity contribution is -0.129. The van der Waals surface area contributed by atoms with Crippen LogP contribution in [0.25, 0.3) is 0 Å². The van der Waals surface area contributed by atoms with Crippen molar-refractivity contribution in [3.8, 4) is 0 Å². The highest BCUT2D eigenvalue weighted by Crippen LogP contribution is 2.37. The molecule has 0 spiro atoms. The van der Waals surface area contributed by atoms with Gasteiger partial charge in [0.25, 0.3) is 0 Å². The standard InChI is InChI=1S/C15H15FN2O2/c1-9(19)14-12(10-3-2-4-11(16)7-10)8-13(20)18-6-5-17-15(14)18/h2-4,7,12,17H,5-6,8H2,1H3. The van der Waals surface area contributed by atoms with E-state index in [1.807, 2.05) is 0 Å². The van der Waals surface area contributed by atoms with Crippen molar-refractivity contribution in [3.05, 3.63) is 47.0 Å². The molecule has 1 N–H and O–H groups in total. The predicted octanol–water partition coefficient (Wildman–Crippen LogP) is 1.55. The maximum atomic E-state index is 13.4. The second-order valence-corrected chi connectivity index (χ2v) is 5.10. The number of nitrogens with one attached hydrogen (secondary N) is 1. The van der Waals surface area contributed by atoms with E-state index in [0.29, 0.717) is 30.0 Å². The first-order valence-corrected chi connectivity index (χ1v) is 6.62. The molecule has 1 fully saturated rings. The minimum Gasteiger partial charge on any atom is -0.369 e. The molecule has 0 aromatic heterocycles. The number of fused-ring (bicyclic) bond motifs is 1. The molecule has 1 aromatic carbocycles. The number of carbonyl (C=O) groups is 2. The topological polar surface area (TPSA) is 49.4 Å². The summed E-state index contributed by atoms with van der Waals surface area (Å²) in [5.41, 5.74) is 1.25. The molecule has 0 saturated carbocycles. The lowest BCUT2D eigenvalue weighted by atomic mass is 9.83. The number of ketones is 1. The number of Topliss-reactive ketones (excluding diaryl/α,β-unsaturated/α-hetero) is 1. The molecule has 0 radical (unpaired) electrons. The number of allylic oxidation sites excluding steroid dienone is 1. The van der Waals surface area contributed by atoms with E-state index in [1.54, 1.807) is 17.0 Å². The van der Waals surface area contributed by atoms with Crippen molar-refractivity contribution in [2.45, 2.75) is 19.3 Å². The van der Waals surface area contributed by atoms with Gasteiger partial charge in [-0.15, -0.1) is 0 Å². The van der Waals surface area contributed by atoms with Gasteiger partial charge >= 0.3 is 0 Å². The summed E-state index contributed by atoms with van der Waals surface area (Å²) in [5.74, 6) is -0.231. The van der Waals surface area contributed by atoms with Crippen LogP contribution in [-0.2, 0) is 9.59 Å². The lowest BCUT2D eigenvalue weighted by Gasteiger charge is -2.31. The monoisotopic (exact) mass is 274 g/mol. The van der Waals surface area contributed by atoms with Gasteiger partial charge in [-0.05, 0) is 24.6 Å². The van der Waals surface area contributed by atoms with Gasteiger partial charge in [0.1, 0.15) is 11.6 Å². The second-order valence-electron chi connectivity index (χ2n) is 5.10. The maximum Gasteiger partial charge on any atom is 0.229 e. The fourth-order valence-corrected chi connectivity index (χ4v) is 2.96. The molecule has 0 bridgehead atoms. The summed E-state index contributed by atoms with van der Waals surface area (Å²) in [4.78, 5) is 25.8. The Kier molecular flexibility index (Phi) is 3.04. The van der Waals surface area contributed by atoms with Crippen LogP contribution in [0.4, 0.5) is 4.39 Å². The molecule has 2 heterocycles. The Bertz CT molecular complexity index is 624. The number of halogens is 1. The van der Waals surface area contributed by atoms with E-state index < -0.39 is 0 Å². The number of hydrogen-bond acceptors (Lipinski definition) is 3. The third kappa shape index (κ3) is 1.99. The molecule has 1 unspecified atom stereocenters. The van der Waals surface area contributed by atoms with Gasteiger partial charge in [-0.25, -0.2) is 4.39 Å². The Morgan fingerprint density at radius 3 is 2.95 bits per heavy atom. The first-order chi connectivity index (χ1) is 9.58. The van der Waals surface area contributed by atoms with E-state index in [2.05, 4.69) is 5.32 Å². The Morgan fingerprint density at radius 1 is 1.45 bits per heavy atom. The fourth-order valence-electron chi connectivity index (χ4n) is 2.96. The molecule has 4 nitrogen and oxygen atoms in total. The quantitative estimate of drug-likeness (QED) is 0.890. The summed E-state index contributed by atoms with van der Waals surface area (Å²) in [6.45, 7) is 2.72. The number of hydrogen-bond donors (Lipinski definition) is 1. The number of carbonyl (C=O) groups excluding carboxylic acids is 2. The minimum absolute atomic E-state index is 0.0238. The normalized spacial score (nSPS) is 21.8. The van der Waals surface area contributed by atoms with E-state index in [-0.39, 0.29) is 29.8 Å². The van der Waals surface area contributed by atoms with Crippen LogP contribution in [0.3, 0.4) is 0 Å². The minimum atomic E-state index is -0.368. The van der Waals surface area contributed by atoms with E-state index >= 15 is 0 Å². The SMILES string of the molecule is CC(=O)C1=C2NCCN2C(=O)CC1c1cccc(F)c1. The van der Waals surface area contributed by atoms with Crippen LogP contribution >= 0.6 is 0 Å². The van der Waals surface area contributed by atoms with Crippen LogP contribution in [-0.4, -0.2) is 29.7 Å². The molecule has 1 amide bonds. The van der Waals surface area contributed by atoms with Gasteiger partial charge in [-0.2, -0.15) is 0 Å². The molecule has 104 valence electrons. The highest BCUT2D eigenvalue weighted by atomic mass is 19.1. The highest BCUT2D eigenvalue weighted by Gasteiger charge is 2.38. The summed E-state index contributed by atoms with van der Waals surface area (Å²) in [7, 11) is 0. The Morgan fingerprint density at radius 2 is 2.25 bits per heavy atom. The van der Waals surface area contributed by atoms with Crippen LogP contribution in [0.2, 0.25) is 0 Å². The number of rotatable bonds is 2. The summed E-state index contributed by atoms with van der Waals surface area (Å²) < 4.78 is 13.4. The van der Waals surface area contributed by atoms with Crippen molar-refractivity contribution in [1.29, 1.82) is 0 Å². The van der Waals surface area contributed by atoms with Gasteiger partial charge in [-0.3, -0.25) is 14.5 Å². The lowest BCUT2D eigenvalue weighted by Crippen LogP contribution is -2.37. The van der Waals surface area contributed by atoms with E-state index in [0.717, 1.165) is 0 Å². The van der Waals surface area contributed by atoms with Crippen molar-refractivity contribution in [3.63, 3.8) is 0 Å². The molecule has 1 aromatic rings. The predicted molar refractivity (Wildman–Crippen MR) is 71.2 cm³/mol. The highest BCUT2D eigenvalue weighted by molar-refractivity contribution is 5.99. The van der Waals surface area contributed by atoms with Crippen LogP contribution in [0, 0.1) is 5.82 Å². The number of benzene rings is 1. The molecule has 1 atom stereocenters. The molecular formula is C15H15FN2O2. The smallest absolute Gasteiger partial charge is 0.229 e. The first kappa shape index (κ1) is 12.8. The van der Waals surface area contributed by atoms with Crippen molar-refractivity contribution >= 4 is 11.7 Å². The fraction of sp³-hybridized carbons (Fsp3) is 0.333. The average Bonchev–Trinajstić information content (AvgIpc) is 2.87. The zero-order valence-electron chi connectivity index (χ0n) is 11.1. The summed E-state index contributed by atoms with van der Waals surface area (Å²) in [5, 5.41) is 3.10. The summed E-state index contributed by atoms with van der Waals surface area (Å²) in [6, 6.07) is 6.11. The number of nitrogens with zero attached hydrogens (tertiary/aromatic N) is 1. The molecule has 20 heavy (non-hydrogen) atoms. The molecule has 3 rings (SSSR count). The van der Waals surface area contributed by atoms with Crippen molar-refractivity contribution < 1.29 is 14.0 Å². The van der Waals surface area contributed by atoms with Gasteiger partial charge in [-0.1, -0.05) is 12.1 Å². The molecule has 1 saturated heterocycles. The van der Waals surface area contributed by atoms with E-state index in [4.69, 9.17) is 0 Å². The summed E-state index contributed by atoms with van der Waals surface area (Å²) >= 11 is 0. The largest absolute Gasteiger partial charge is 0.369 e. The maximum absolute atomic E-state index is 13.4. The van der Waals surface area contributed by atoms with Crippen molar-refractivity contribution in [1.82, 2.24) is 10.2 Å². The van der Waals surface area contributed by atoms with Gasteiger partial charge in [0.15, 0.2) is 5.78 Å². The van der Waals surface area contributed by atoms with Crippen LogP contribution in [0.5, 0.6) is 0 Å². The van der Waals surface area contributed by atoms with Crippen LogP contribution in [0.1, 0.15) is 24.8 Å². The van der Waals surface area contributed by atoms with Gasteiger partial charge in [0.2, 0.25) is 5.91 Å². The molecule has 0 aliphatic carbocycles. The van der Waals surface area contributed by atoms with Crippen molar-refractivity contribution in [2.75, 3.05) is 13.1 Å². The summed E-state index contributed by atoms with van der Waals surface area (Å²) in [6.07, 6.45) is 0.212. The van der Waals surface area contributed by atoms with E-state index in [1.165, 1.54) is 19.1 Å². The van der Waals surface area contributed by atoms with Gasteiger partial charge in [0, 0.05) is 31.0 Å². The zero-order chi connectivity index (χ0) is 14.3. The Balaban J connectivity index is 2.12. The molecule has 2 aliphatic heterocycles. The number of amides is 1. The molecule has 5 heteroatoms. The second kappa shape index (κ2) is 4.74. The zero-order valence-corrected chi connectivity index (χ0v) is 11.1. The van der Waals surface area contributed by atoms with Gasteiger partial charge < -0.3 is 5.32 Å².